The lowest BCUT2D eigenvalue weighted by Crippen LogP contribution is -2.44. The Morgan fingerprint density at radius 3 is 2.50 bits per heavy atom. The number of ether oxygens (including phenoxy) is 2. The maximum absolute atomic E-state index is 11.5. The van der Waals surface area contributed by atoms with Crippen LogP contribution < -0.4 is 0 Å². The highest BCUT2D eigenvalue weighted by molar-refractivity contribution is 5.74. The number of hydrogen-bond donors (Lipinski definition) is 1. The topological polar surface area (TPSA) is 59.0 Å². The first-order valence-electron chi connectivity index (χ1n) is 7.67. The third kappa shape index (κ3) is 5.38. The van der Waals surface area contributed by atoms with Crippen molar-refractivity contribution in [1.82, 2.24) is 4.90 Å². The summed E-state index contributed by atoms with van der Waals surface area (Å²) in [5, 5.41) is 9.45. The summed E-state index contributed by atoms with van der Waals surface area (Å²) in [5.74, 6) is -0.609. The third-order valence-electron chi connectivity index (χ3n) is 4.19. The van der Waals surface area contributed by atoms with E-state index in [0.29, 0.717) is 13.2 Å². The zero-order chi connectivity index (χ0) is 14.8. The van der Waals surface area contributed by atoms with E-state index in [4.69, 9.17) is 9.47 Å². The molecule has 0 unspecified atom stereocenters. The van der Waals surface area contributed by atoms with Crippen LogP contribution in [0.1, 0.15) is 39.0 Å². The average molecular weight is 287 g/mol. The fraction of sp³-hybridized carbons (Fsp3) is 0.933. The number of methoxy groups -OCH3 is 1. The minimum atomic E-state index is -0.609. The molecule has 0 bridgehead atoms. The van der Waals surface area contributed by atoms with Crippen LogP contribution in [-0.2, 0) is 14.3 Å². The number of hydrogen-bond acceptors (Lipinski definition) is 4. The standard InChI is InChI=1S/C15H29NO4/c1-3-5-15(14(17)18)6-9-16(10-7-15)8-4-11-20-13-12-19-2/h3-13H2,1-2H3,(H,17,18). The van der Waals surface area contributed by atoms with E-state index in [1.54, 1.807) is 7.11 Å². The van der Waals surface area contributed by atoms with Crippen molar-refractivity contribution in [3.8, 4) is 0 Å². The Labute approximate surface area is 122 Å². The molecule has 1 N–H and O–H groups in total. The second kappa shape index (κ2) is 9.32. The van der Waals surface area contributed by atoms with E-state index in [-0.39, 0.29) is 0 Å². The molecule has 1 heterocycles. The Hall–Kier alpha value is -0.650. The summed E-state index contributed by atoms with van der Waals surface area (Å²) in [4.78, 5) is 13.8. The van der Waals surface area contributed by atoms with Crippen LogP contribution in [0.5, 0.6) is 0 Å². The maximum Gasteiger partial charge on any atom is 0.309 e. The van der Waals surface area contributed by atoms with Gasteiger partial charge in [0.1, 0.15) is 0 Å². The van der Waals surface area contributed by atoms with Gasteiger partial charge in [-0.2, -0.15) is 0 Å². The summed E-state index contributed by atoms with van der Waals surface area (Å²) in [7, 11) is 1.67. The molecule has 1 fully saturated rings. The molecule has 0 aromatic rings. The van der Waals surface area contributed by atoms with Gasteiger partial charge < -0.3 is 19.5 Å². The number of carbonyl (C=O) groups is 1. The van der Waals surface area contributed by atoms with Crippen molar-refractivity contribution in [2.24, 2.45) is 5.41 Å². The van der Waals surface area contributed by atoms with E-state index in [9.17, 15) is 9.90 Å². The maximum atomic E-state index is 11.5. The second-order valence-electron chi connectivity index (χ2n) is 5.64. The molecule has 0 saturated carbocycles. The van der Waals surface area contributed by atoms with Gasteiger partial charge in [-0.1, -0.05) is 13.3 Å². The van der Waals surface area contributed by atoms with E-state index in [2.05, 4.69) is 11.8 Å². The van der Waals surface area contributed by atoms with Crippen LogP contribution in [0.3, 0.4) is 0 Å². The number of likely N-dealkylation sites (tertiary alicyclic amines) is 1. The van der Waals surface area contributed by atoms with Crippen LogP contribution in [0.4, 0.5) is 0 Å². The van der Waals surface area contributed by atoms with Crippen molar-refractivity contribution < 1.29 is 19.4 Å². The van der Waals surface area contributed by atoms with E-state index < -0.39 is 11.4 Å². The van der Waals surface area contributed by atoms with E-state index >= 15 is 0 Å². The Balaban J connectivity index is 2.19. The highest BCUT2D eigenvalue weighted by Gasteiger charge is 2.40. The fourth-order valence-electron chi connectivity index (χ4n) is 2.89. The Bertz CT molecular complexity index is 275. The lowest BCUT2D eigenvalue weighted by Gasteiger charge is -2.38. The van der Waals surface area contributed by atoms with Gasteiger partial charge in [0.2, 0.25) is 0 Å². The molecule has 5 heteroatoms. The molecule has 0 radical (unpaired) electrons. The summed E-state index contributed by atoms with van der Waals surface area (Å²) < 4.78 is 10.4. The summed E-state index contributed by atoms with van der Waals surface area (Å²) in [6, 6.07) is 0. The number of rotatable bonds is 10. The van der Waals surface area contributed by atoms with Gasteiger partial charge in [0.15, 0.2) is 0 Å². The Kier molecular flexibility index (Phi) is 8.11. The Morgan fingerprint density at radius 2 is 1.95 bits per heavy atom. The lowest BCUT2D eigenvalue weighted by molar-refractivity contribution is -0.152. The van der Waals surface area contributed by atoms with E-state index in [1.807, 2.05) is 0 Å². The number of aliphatic carboxylic acids is 1. The summed E-state index contributed by atoms with van der Waals surface area (Å²) in [6.07, 6.45) is 4.30. The molecule has 1 aliphatic heterocycles. The molecule has 1 aliphatic rings. The molecular weight excluding hydrogens is 258 g/mol. The van der Waals surface area contributed by atoms with Crippen LogP contribution in [-0.4, -0.2) is 62.5 Å². The first-order chi connectivity index (χ1) is 9.64. The normalized spacial score (nSPS) is 19.1. The van der Waals surface area contributed by atoms with Crippen LogP contribution in [0.2, 0.25) is 0 Å². The zero-order valence-electron chi connectivity index (χ0n) is 12.9. The molecule has 0 atom stereocenters. The first-order valence-corrected chi connectivity index (χ1v) is 7.67. The SMILES string of the molecule is CCCC1(C(=O)O)CCN(CCCOCCOC)CC1. The van der Waals surface area contributed by atoms with Gasteiger partial charge in [-0.15, -0.1) is 0 Å². The van der Waals surface area contributed by atoms with Crippen LogP contribution in [0, 0.1) is 5.41 Å². The summed E-state index contributed by atoms with van der Waals surface area (Å²) in [5.41, 5.74) is -0.472. The van der Waals surface area contributed by atoms with Gasteiger partial charge in [0, 0.05) is 20.3 Å². The molecule has 118 valence electrons. The number of carboxylic acids is 1. The van der Waals surface area contributed by atoms with Crippen molar-refractivity contribution in [2.75, 3.05) is 46.6 Å². The van der Waals surface area contributed by atoms with Crippen molar-refractivity contribution in [2.45, 2.75) is 39.0 Å². The van der Waals surface area contributed by atoms with Gasteiger partial charge in [0.25, 0.3) is 0 Å². The fourth-order valence-corrected chi connectivity index (χ4v) is 2.89. The van der Waals surface area contributed by atoms with Gasteiger partial charge >= 0.3 is 5.97 Å². The third-order valence-corrected chi connectivity index (χ3v) is 4.19. The molecular formula is C15H29NO4. The zero-order valence-corrected chi connectivity index (χ0v) is 12.9. The molecule has 0 aromatic carbocycles. The van der Waals surface area contributed by atoms with Crippen LogP contribution in [0.25, 0.3) is 0 Å². The Morgan fingerprint density at radius 1 is 1.25 bits per heavy atom. The molecule has 0 aliphatic carbocycles. The molecule has 0 aromatic heterocycles. The number of carboxylic acid groups (broad SMARTS) is 1. The molecule has 0 amide bonds. The number of nitrogens with zero attached hydrogens (tertiary/aromatic N) is 1. The molecule has 1 rings (SSSR count). The van der Waals surface area contributed by atoms with E-state index in [1.165, 1.54) is 0 Å². The number of piperidine rings is 1. The molecule has 5 nitrogen and oxygen atoms in total. The molecule has 0 spiro atoms. The molecule has 20 heavy (non-hydrogen) atoms. The minimum Gasteiger partial charge on any atom is -0.481 e. The smallest absolute Gasteiger partial charge is 0.309 e. The van der Waals surface area contributed by atoms with Crippen LogP contribution >= 0.6 is 0 Å². The van der Waals surface area contributed by atoms with Gasteiger partial charge in [-0.05, 0) is 38.8 Å². The van der Waals surface area contributed by atoms with Gasteiger partial charge in [-0.3, -0.25) is 4.79 Å². The van der Waals surface area contributed by atoms with Crippen molar-refractivity contribution in [3.05, 3.63) is 0 Å². The van der Waals surface area contributed by atoms with Crippen molar-refractivity contribution in [3.63, 3.8) is 0 Å². The minimum absolute atomic E-state index is 0.472. The second-order valence-corrected chi connectivity index (χ2v) is 5.64. The quantitative estimate of drug-likeness (QED) is 0.623. The predicted molar refractivity (Wildman–Crippen MR) is 78.0 cm³/mol. The summed E-state index contributed by atoms with van der Waals surface area (Å²) >= 11 is 0. The lowest BCUT2D eigenvalue weighted by atomic mass is 9.75. The van der Waals surface area contributed by atoms with E-state index in [0.717, 1.165) is 58.3 Å². The highest BCUT2D eigenvalue weighted by Crippen LogP contribution is 2.36. The highest BCUT2D eigenvalue weighted by atomic mass is 16.5. The summed E-state index contributed by atoms with van der Waals surface area (Å²) in [6.45, 7) is 6.88. The van der Waals surface area contributed by atoms with Crippen LogP contribution in [0.15, 0.2) is 0 Å². The average Bonchev–Trinajstić information content (AvgIpc) is 2.44. The van der Waals surface area contributed by atoms with Gasteiger partial charge in [0.05, 0.1) is 18.6 Å². The monoisotopic (exact) mass is 287 g/mol. The molecule has 1 saturated heterocycles. The van der Waals surface area contributed by atoms with Crippen molar-refractivity contribution >= 4 is 5.97 Å². The largest absolute Gasteiger partial charge is 0.481 e. The van der Waals surface area contributed by atoms with Crippen molar-refractivity contribution in [1.29, 1.82) is 0 Å². The predicted octanol–water partition coefficient (Wildman–Crippen LogP) is 2.01. The van der Waals surface area contributed by atoms with Gasteiger partial charge in [-0.25, -0.2) is 0 Å². The first kappa shape index (κ1) is 17.4.